The van der Waals surface area contributed by atoms with Gasteiger partial charge in [-0.3, -0.25) is 4.57 Å². The van der Waals surface area contributed by atoms with E-state index in [2.05, 4.69) is 10.3 Å². The van der Waals surface area contributed by atoms with Gasteiger partial charge in [-0.05, 0) is 53.9 Å². The Morgan fingerprint density at radius 1 is 1.11 bits per heavy atom. The number of aryl methyl sites for hydroxylation is 1. The Labute approximate surface area is 204 Å². The standard InChI is InChI=1S/C26H23F2N5OS/c1-33-22-13-16(8-11-21(22)31-26(33)34)24-23(19-4-2-3-5-20(19)28)32-25(35-24)30-14-18(29)12-15-6-9-17(27)10-7-15/h2-11,13,18H,12,14,29H2,1H3,(H,30,32)(H,31,34). The maximum absolute atomic E-state index is 14.7. The Bertz CT molecular complexity index is 1550. The number of aromatic nitrogens is 3. The largest absolute Gasteiger partial charge is 0.360 e. The van der Waals surface area contributed by atoms with Crippen molar-refractivity contribution in [2.75, 3.05) is 11.9 Å². The van der Waals surface area contributed by atoms with Crippen LogP contribution in [0.4, 0.5) is 13.9 Å². The van der Waals surface area contributed by atoms with Gasteiger partial charge in [0.1, 0.15) is 11.6 Å². The number of rotatable bonds is 7. The highest BCUT2D eigenvalue weighted by molar-refractivity contribution is 7.19. The number of nitrogens with one attached hydrogen (secondary N) is 2. The third-order valence-electron chi connectivity index (χ3n) is 5.85. The predicted octanol–water partition coefficient (Wildman–Crippen LogP) is 4.92. The van der Waals surface area contributed by atoms with Gasteiger partial charge in [0.25, 0.3) is 0 Å². The predicted molar refractivity (Wildman–Crippen MR) is 137 cm³/mol. The summed E-state index contributed by atoms with van der Waals surface area (Å²) in [5.74, 6) is -0.650. The van der Waals surface area contributed by atoms with Crippen molar-refractivity contribution in [1.29, 1.82) is 0 Å². The molecule has 6 nitrogen and oxygen atoms in total. The van der Waals surface area contributed by atoms with E-state index in [9.17, 15) is 13.6 Å². The van der Waals surface area contributed by atoms with E-state index in [1.165, 1.54) is 34.1 Å². The minimum atomic E-state index is -0.367. The maximum Gasteiger partial charge on any atom is 0.326 e. The Morgan fingerprint density at radius 2 is 1.89 bits per heavy atom. The van der Waals surface area contributed by atoms with E-state index in [1.807, 2.05) is 18.2 Å². The third kappa shape index (κ3) is 4.73. The summed E-state index contributed by atoms with van der Waals surface area (Å²) in [5, 5.41) is 3.88. The second-order valence-electron chi connectivity index (χ2n) is 8.37. The fourth-order valence-corrected chi connectivity index (χ4v) is 4.99. The summed E-state index contributed by atoms with van der Waals surface area (Å²) in [7, 11) is 1.70. The van der Waals surface area contributed by atoms with Gasteiger partial charge in [0.2, 0.25) is 0 Å². The van der Waals surface area contributed by atoms with Crippen LogP contribution in [0.25, 0.3) is 32.7 Å². The maximum atomic E-state index is 14.7. The number of thiazole rings is 1. The number of H-pyrrole nitrogens is 1. The Balaban J connectivity index is 1.46. The van der Waals surface area contributed by atoms with E-state index in [4.69, 9.17) is 10.7 Å². The average molecular weight is 492 g/mol. The monoisotopic (exact) mass is 491 g/mol. The van der Waals surface area contributed by atoms with E-state index in [0.29, 0.717) is 29.4 Å². The molecule has 4 N–H and O–H groups in total. The zero-order chi connectivity index (χ0) is 24.5. The summed E-state index contributed by atoms with van der Waals surface area (Å²) in [5.41, 5.74) is 10.2. The molecule has 5 aromatic rings. The van der Waals surface area contributed by atoms with Gasteiger partial charge in [-0.1, -0.05) is 41.7 Å². The van der Waals surface area contributed by atoms with Crippen molar-refractivity contribution in [3.63, 3.8) is 0 Å². The molecule has 1 unspecified atom stereocenters. The first-order chi connectivity index (χ1) is 16.9. The number of hydrogen-bond acceptors (Lipinski definition) is 5. The number of fused-ring (bicyclic) bond motifs is 1. The highest BCUT2D eigenvalue weighted by Crippen LogP contribution is 2.40. The molecule has 35 heavy (non-hydrogen) atoms. The van der Waals surface area contributed by atoms with Crippen LogP contribution in [0.1, 0.15) is 5.56 Å². The second-order valence-corrected chi connectivity index (χ2v) is 9.37. The molecular weight excluding hydrogens is 468 g/mol. The first-order valence-corrected chi connectivity index (χ1v) is 11.9. The zero-order valence-electron chi connectivity index (χ0n) is 18.9. The molecule has 0 saturated heterocycles. The van der Waals surface area contributed by atoms with Crippen LogP contribution < -0.4 is 16.7 Å². The van der Waals surface area contributed by atoms with E-state index in [1.54, 1.807) is 37.4 Å². The van der Waals surface area contributed by atoms with Gasteiger partial charge in [0, 0.05) is 25.2 Å². The van der Waals surface area contributed by atoms with Crippen molar-refractivity contribution >= 4 is 27.5 Å². The molecule has 0 radical (unpaired) electrons. The zero-order valence-corrected chi connectivity index (χ0v) is 19.7. The van der Waals surface area contributed by atoms with Crippen molar-refractivity contribution in [3.05, 3.63) is 94.4 Å². The molecular formula is C26H23F2N5OS. The normalized spacial score (nSPS) is 12.2. The Kier molecular flexibility index (Phi) is 6.19. The van der Waals surface area contributed by atoms with Crippen molar-refractivity contribution in [3.8, 4) is 21.7 Å². The van der Waals surface area contributed by atoms with E-state index < -0.39 is 0 Å². The molecule has 0 bridgehead atoms. The van der Waals surface area contributed by atoms with Crippen LogP contribution in [0.15, 0.2) is 71.5 Å². The molecule has 178 valence electrons. The van der Waals surface area contributed by atoms with Gasteiger partial charge in [-0.15, -0.1) is 0 Å². The molecule has 0 aliphatic rings. The number of anilines is 1. The Morgan fingerprint density at radius 3 is 2.66 bits per heavy atom. The molecule has 0 saturated carbocycles. The number of nitrogens with two attached hydrogens (primary N) is 1. The van der Waals surface area contributed by atoms with Crippen LogP contribution in [0, 0.1) is 11.6 Å². The van der Waals surface area contributed by atoms with Crippen molar-refractivity contribution < 1.29 is 8.78 Å². The van der Waals surface area contributed by atoms with Crippen molar-refractivity contribution in [2.45, 2.75) is 12.5 Å². The minimum absolute atomic E-state index is 0.201. The molecule has 1 atom stereocenters. The van der Waals surface area contributed by atoms with Crippen LogP contribution >= 0.6 is 11.3 Å². The number of nitrogens with zero attached hydrogens (tertiary/aromatic N) is 2. The Hall–Kier alpha value is -3.82. The third-order valence-corrected chi connectivity index (χ3v) is 6.91. The van der Waals surface area contributed by atoms with Gasteiger partial charge >= 0.3 is 5.69 Å². The summed E-state index contributed by atoms with van der Waals surface area (Å²) >= 11 is 1.40. The molecule has 0 fully saturated rings. The highest BCUT2D eigenvalue weighted by atomic mass is 32.1. The number of aromatic amines is 1. The highest BCUT2D eigenvalue weighted by Gasteiger charge is 2.19. The molecule has 0 amide bonds. The summed E-state index contributed by atoms with van der Waals surface area (Å²) < 4.78 is 29.4. The van der Waals surface area contributed by atoms with Crippen LogP contribution in [0.5, 0.6) is 0 Å². The van der Waals surface area contributed by atoms with Gasteiger partial charge in [-0.2, -0.15) is 0 Å². The quantitative estimate of drug-likeness (QED) is 0.302. The lowest BCUT2D eigenvalue weighted by Crippen LogP contribution is -2.31. The van der Waals surface area contributed by atoms with Gasteiger partial charge in [0.05, 0.1) is 21.6 Å². The topological polar surface area (TPSA) is 88.7 Å². The molecule has 2 heterocycles. The first-order valence-electron chi connectivity index (χ1n) is 11.1. The van der Waals surface area contributed by atoms with Crippen molar-refractivity contribution in [1.82, 2.24) is 14.5 Å². The summed E-state index contributed by atoms with van der Waals surface area (Å²) in [4.78, 5) is 20.3. The van der Waals surface area contributed by atoms with Crippen LogP contribution in [0.3, 0.4) is 0 Å². The number of benzene rings is 3. The first kappa shape index (κ1) is 22.9. The van der Waals surface area contributed by atoms with Crippen molar-refractivity contribution in [2.24, 2.45) is 12.8 Å². The van der Waals surface area contributed by atoms with Crippen LogP contribution in [0.2, 0.25) is 0 Å². The number of halogens is 2. The lowest BCUT2D eigenvalue weighted by molar-refractivity contribution is 0.625. The SMILES string of the molecule is Cn1c(=O)[nH]c2ccc(-c3sc(NCC(N)Cc4ccc(F)cc4)nc3-c3ccccc3F)cc21. The number of imidazole rings is 1. The summed E-state index contributed by atoms with van der Waals surface area (Å²) in [6, 6.07) is 18.2. The fraction of sp³-hybridized carbons (Fsp3) is 0.154. The molecule has 0 spiro atoms. The molecule has 2 aromatic heterocycles. The smallest absolute Gasteiger partial charge is 0.326 e. The van der Waals surface area contributed by atoms with Crippen LogP contribution in [-0.4, -0.2) is 27.1 Å². The lowest BCUT2D eigenvalue weighted by Gasteiger charge is -2.12. The van der Waals surface area contributed by atoms with E-state index in [-0.39, 0.29) is 23.4 Å². The average Bonchev–Trinajstić information content (AvgIpc) is 3.40. The van der Waals surface area contributed by atoms with Gasteiger partial charge < -0.3 is 16.0 Å². The molecule has 0 aliphatic heterocycles. The molecule has 9 heteroatoms. The van der Waals surface area contributed by atoms with E-state index in [0.717, 1.165) is 27.0 Å². The summed E-state index contributed by atoms with van der Waals surface area (Å²) in [6.45, 7) is 0.437. The molecule has 3 aromatic carbocycles. The van der Waals surface area contributed by atoms with Crippen LogP contribution in [-0.2, 0) is 13.5 Å². The fourth-order valence-electron chi connectivity index (χ4n) is 4.01. The molecule has 5 rings (SSSR count). The minimum Gasteiger partial charge on any atom is -0.360 e. The van der Waals surface area contributed by atoms with Gasteiger partial charge in [0.15, 0.2) is 5.13 Å². The van der Waals surface area contributed by atoms with Gasteiger partial charge in [-0.25, -0.2) is 18.6 Å². The summed E-state index contributed by atoms with van der Waals surface area (Å²) in [6.07, 6.45) is 0.573. The van der Waals surface area contributed by atoms with E-state index >= 15 is 0 Å². The molecule has 0 aliphatic carbocycles. The number of hydrogen-bond donors (Lipinski definition) is 3. The lowest BCUT2D eigenvalue weighted by atomic mass is 10.1. The second kappa shape index (κ2) is 9.44.